The molecule has 0 saturated carbocycles. The van der Waals surface area contributed by atoms with Crippen molar-refractivity contribution in [3.63, 3.8) is 0 Å². The topological polar surface area (TPSA) is 45.2 Å². The summed E-state index contributed by atoms with van der Waals surface area (Å²) in [5.74, 6) is 0.0165. The van der Waals surface area contributed by atoms with Crippen molar-refractivity contribution in [3.8, 4) is 0 Å². The van der Waals surface area contributed by atoms with Crippen molar-refractivity contribution in [3.05, 3.63) is 46.5 Å². The van der Waals surface area contributed by atoms with Gasteiger partial charge in [0.2, 0.25) is 5.91 Å². The van der Waals surface area contributed by atoms with E-state index in [4.69, 9.17) is 0 Å². The van der Waals surface area contributed by atoms with Gasteiger partial charge in [-0.05, 0) is 17.5 Å². The van der Waals surface area contributed by atoms with Crippen molar-refractivity contribution >= 4 is 34.8 Å². The summed E-state index contributed by atoms with van der Waals surface area (Å²) < 4.78 is 0. The first-order valence-corrected chi connectivity index (χ1v) is 8.16. The molecule has 0 saturated heterocycles. The number of hydrogen-bond donors (Lipinski definition) is 1. The van der Waals surface area contributed by atoms with Crippen LogP contribution < -0.4 is 5.32 Å². The summed E-state index contributed by atoms with van der Waals surface area (Å²) in [7, 11) is 0. The van der Waals surface area contributed by atoms with E-state index in [0.29, 0.717) is 11.6 Å². The monoisotopic (exact) mass is 337 g/mol. The summed E-state index contributed by atoms with van der Waals surface area (Å²) in [6.45, 7) is 4.72. The van der Waals surface area contributed by atoms with Crippen molar-refractivity contribution < 1.29 is 4.79 Å². The Labute approximate surface area is 141 Å². The number of benzene rings is 1. The van der Waals surface area contributed by atoms with E-state index in [1.54, 1.807) is 0 Å². The molecule has 1 aromatic carbocycles. The van der Waals surface area contributed by atoms with Gasteiger partial charge in [0, 0.05) is 31.4 Å². The van der Waals surface area contributed by atoms with Gasteiger partial charge in [0.05, 0.1) is 5.69 Å². The third-order valence-corrected chi connectivity index (χ3v) is 4.52. The van der Waals surface area contributed by atoms with Crippen LogP contribution in [-0.4, -0.2) is 22.3 Å². The molecule has 1 N–H and O–H groups in total. The molecule has 4 nitrogen and oxygen atoms in total. The number of hydrogen-bond acceptors (Lipinski definition) is 4. The number of nitrogens with one attached hydrogen (secondary N) is 1. The van der Waals surface area contributed by atoms with Gasteiger partial charge in [0.1, 0.15) is 0 Å². The highest BCUT2D eigenvalue weighted by molar-refractivity contribution is 7.13. The van der Waals surface area contributed by atoms with Crippen LogP contribution >= 0.6 is 23.7 Å². The van der Waals surface area contributed by atoms with E-state index < -0.39 is 0 Å². The minimum atomic E-state index is 0. The van der Waals surface area contributed by atoms with E-state index in [1.165, 1.54) is 22.5 Å². The van der Waals surface area contributed by atoms with Crippen LogP contribution in [0.3, 0.4) is 0 Å². The lowest BCUT2D eigenvalue weighted by Crippen LogP contribution is -2.30. The maximum Gasteiger partial charge on any atom is 0.225 e. The lowest BCUT2D eigenvalue weighted by atomic mass is 10.00. The van der Waals surface area contributed by atoms with Crippen molar-refractivity contribution in [2.24, 2.45) is 0 Å². The Kier molecular flexibility index (Phi) is 5.94. The minimum absolute atomic E-state index is 0. The second kappa shape index (κ2) is 7.72. The van der Waals surface area contributed by atoms with Gasteiger partial charge in [-0.25, -0.2) is 4.98 Å². The van der Waals surface area contributed by atoms with Gasteiger partial charge in [-0.3, -0.25) is 9.69 Å². The Morgan fingerprint density at radius 1 is 1.36 bits per heavy atom. The Morgan fingerprint density at radius 3 is 2.91 bits per heavy atom. The van der Waals surface area contributed by atoms with Gasteiger partial charge < -0.3 is 5.32 Å². The lowest BCUT2D eigenvalue weighted by molar-refractivity contribution is -0.115. The van der Waals surface area contributed by atoms with Crippen molar-refractivity contribution in [1.82, 2.24) is 9.88 Å². The smallest absolute Gasteiger partial charge is 0.225 e. The zero-order chi connectivity index (χ0) is 14.7. The highest BCUT2D eigenvalue weighted by atomic mass is 35.5. The fraction of sp³-hybridized carbons (Fsp3) is 0.375. The van der Waals surface area contributed by atoms with Gasteiger partial charge in [-0.1, -0.05) is 31.2 Å². The number of rotatable bonds is 4. The van der Waals surface area contributed by atoms with Crippen molar-refractivity contribution in [2.45, 2.75) is 32.9 Å². The van der Waals surface area contributed by atoms with E-state index in [2.05, 4.69) is 39.5 Å². The second-order valence-corrected chi connectivity index (χ2v) is 6.13. The summed E-state index contributed by atoms with van der Waals surface area (Å²) in [6, 6.07) is 8.63. The molecular weight excluding hydrogens is 318 g/mol. The highest BCUT2D eigenvalue weighted by Gasteiger charge is 2.17. The third kappa shape index (κ3) is 4.06. The van der Waals surface area contributed by atoms with Gasteiger partial charge in [0.15, 0.2) is 5.13 Å². The molecule has 0 unspecified atom stereocenters. The van der Waals surface area contributed by atoms with E-state index >= 15 is 0 Å². The molecule has 0 fully saturated rings. The molecule has 1 amide bonds. The number of amides is 1. The maximum atomic E-state index is 11.4. The largest absolute Gasteiger partial charge is 0.302 e. The summed E-state index contributed by atoms with van der Waals surface area (Å²) in [5, 5.41) is 5.55. The predicted molar refractivity (Wildman–Crippen MR) is 92.5 cm³/mol. The van der Waals surface area contributed by atoms with Crippen molar-refractivity contribution in [1.29, 1.82) is 0 Å². The first-order chi connectivity index (χ1) is 10.2. The molecule has 0 radical (unpaired) electrons. The van der Waals surface area contributed by atoms with Crippen LogP contribution in [0.5, 0.6) is 0 Å². The van der Waals surface area contributed by atoms with Crippen LogP contribution in [0.4, 0.5) is 5.13 Å². The van der Waals surface area contributed by atoms with Crippen LogP contribution in [0.15, 0.2) is 29.6 Å². The Morgan fingerprint density at radius 2 is 2.14 bits per heavy atom. The first kappa shape index (κ1) is 16.9. The molecule has 22 heavy (non-hydrogen) atoms. The number of thiazole rings is 1. The summed E-state index contributed by atoms with van der Waals surface area (Å²) in [4.78, 5) is 18.3. The second-order valence-electron chi connectivity index (χ2n) is 5.28. The molecule has 0 atom stereocenters. The van der Waals surface area contributed by atoms with Crippen molar-refractivity contribution in [2.75, 3.05) is 11.9 Å². The number of carbonyl (C=O) groups is 1. The van der Waals surface area contributed by atoms with Gasteiger partial charge >= 0.3 is 0 Å². The molecule has 1 aromatic heterocycles. The lowest BCUT2D eigenvalue weighted by Gasteiger charge is -2.27. The highest BCUT2D eigenvalue weighted by Crippen LogP contribution is 2.22. The van der Waals surface area contributed by atoms with Gasteiger partial charge in [0.25, 0.3) is 0 Å². The van der Waals surface area contributed by atoms with Crippen LogP contribution in [0.1, 0.15) is 30.2 Å². The SMILES string of the molecule is CCC(=O)Nc1nc(CN2CCc3ccccc3C2)cs1.Cl. The fourth-order valence-corrected chi connectivity index (χ4v) is 3.28. The molecule has 0 bridgehead atoms. The molecule has 118 valence electrons. The number of fused-ring (bicyclic) bond motifs is 1. The fourth-order valence-electron chi connectivity index (χ4n) is 2.56. The van der Waals surface area contributed by atoms with Crippen LogP contribution in [0, 0.1) is 0 Å². The number of halogens is 1. The molecule has 1 aliphatic heterocycles. The van der Waals surface area contributed by atoms with Crippen LogP contribution in [0.25, 0.3) is 0 Å². The molecule has 0 aliphatic carbocycles. The Bertz CT molecular complexity index is 644. The van der Waals surface area contributed by atoms with Crippen LogP contribution in [0.2, 0.25) is 0 Å². The zero-order valence-corrected chi connectivity index (χ0v) is 14.2. The standard InChI is InChI=1S/C16H19N3OS.ClH/c1-2-15(20)18-16-17-14(11-21-16)10-19-8-7-12-5-3-4-6-13(12)9-19;/h3-6,11H,2,7-10H2,1H3,(H,17,18,20);1H. The molecule has 3 rings (SSSR count). The minimum Gasteiger partial charge on any atom is -0.302 e. The quantitative estimate of drug-likeness (QED) is 0.929. The first-order valence-electron chi connectivity index (χ1n) is 7.28. The van der Waals surface area contributed by atoms with Gasteiger partial charge in [-0.2, -0.15) is 0 Å². The average Bonchev–Trinajstić information content (AvgIpc) is 2.94. The Hall–Kier alpha value is -1.43. The molecule has 2 aromatic rings. The van der Waals surface area contributed by atoms with E-state index in [9.17, 15) is 4.79 Å². The average molecular weight is 338 g/mol. The molecule has 2 heterocycles. The predicted octanol–water partition coefficient (Wildman–Crippen LogP) is 3.47. The normalized spacial score (nSPS) is 14.0. The Balaban J connectivity index is 0.00000176. The molecule has 0 spiro atoms. The number of carbonyl (C=O) groups excluding carboxylic acids is 1. The maximum absolute atomic E-state index is 11.4. The van der Waals surface area contributed by atoms with E-state index in [0.717, 1.165) is 31.7 Å². The summed E-state index contributed by atoms with van der Waals surface area (Å²) in [5.41, 5.74) is 3.91. The van der Waals surface area contributed by atoms with Gasteiger partial charge in [-0.15, -0.1) is 23.7 Å². The van der Waals surface area contributed by atoms with E-state index in [-0.39, 0.29) is 18.3 Å². The molecule has 6 heteroatoms. The number of aromatic nitrogens is 1. The summed E-state index contributed by atoms with van der Waals surface area (Å²) in [6.07, 6.45) is 1.58. The number of anilines is 1. The number of nitrogens with zero attached hydrogens (tertiary/aromatic N) is 2. The molecule has 1 aliphatic rings. The summed E-state index contributed by atoms with van der Waals surface area (Å²) >= 11 is 1.50. The van der Waals surface area contributed by atoms with E-state index in [1.807, 2.05) is 12.3 Å². The zero-order valence-electron chi connectivity index (χ0n) is 12.5. The van der Waals surface area contributed by atoms with Crippen LogP contribution in [-0.2, 0) is 24.3 Å². The third-order valence-electron chi connectivity index (χ3n) is 3.71. The molecular formula is C16H20ClN3OS.